The summed E-state index contributed by atoms with van der Waals surface area (Å²) in [7, 11) is 2.02. The molecule has 0 spiro atoms. The molecule has 20 heavy (non-hydrogen) atoms. The third kappa shape index (κ3) is 3.19. The molecule has 2 saturated carbocycles. The van der Waals surface area contributed by atoms with Crippen molar-refractivity contribution in [3.05, 3.63) is 0 Å². The van der Waals surface area contributed by atoms with Crippen molar-refractivity contribution < 1.29 is 4.79 Å². The summed E-state index contributed by atoms with van der Waals surface area (Å²) in [6.07, 6.45) is 10.6. The van der Waals surface area contributed by atoms with Crippen molar-refractivity contribution in [3.8, 4) is 0 Å². The number of carbonyl (C=O) groups excluding carboxylic acids is 1. The highest BCUT2D eigenvalue weighted by Crippen LogP contribution is 2.50. The molecule has 0 aromatic carbocycles. The van der Waals surface area contributed by atoms with E-state index in [1.807, 2.05) is 7.05 Å². The number of carbonyl (C=O) groups is 1. The Kier molecular flexibility index (Phi) is 4.65. The summed E-state index contributed by atoms with van der Waals surface area (Å²) in [5.74, 6) is 3.29. The molecule has 3 rings (SSSR count). The van der Waals surface area contributed by atoms with Crippen LogP contribution in [0.1, 0.15) is 51.4 Å². The second-order valence-electron chi connectivity index (χ2n) is 7.23. The Balaban J connectivity index is 1.44. The Hall–Kier alpha value is -0.570. The number of nitrogens with one attached hydrogen (secondary N) is 1. The van der Waals surface area contributed by atoms with Gasteiger partial charge in [0.1, 0.15) is 0 Å². The molecule has 1 amide bonds. The van der Waals surface area contributed by atoms with Crippen LogP contribution in [0.25, 0.3) is 0 Å². The van der Waals surface area contributed by atoms with E-state index in [9.17, 15) is 4.79 Å². The van der Waals surface area contributed by atoms with Gasteiger partial charge in [-0.2, -0.15) is 0 Å². The van der Waals surface area contributed by atoms with Crippen molar-refractivity contribution in [2.45, 2.75) is 51.4 Å². The quantitative estimate of drug-likeness (QED) is 0.857. The van der Waals surface area contributed by atoms with Crippen molar-refractivity contribution in [2.24, 2.45) is 23.7 Å². The smallest absolute Gasteiger partial charge is 0.225 e. The number of hydrogen-bond donors (Lipinski definition) is 1. The summed E-state index contributed by atoms with van der Waals surface area (Å²) in [4.78, 5) is 14.8. The van der Waals surface area contributed by atoms with E-state index in [1.54, 1.807) is 0 Å². The summed E-state index contributed by atoms with van der Waals surface area (Å²) < 4.78 is 0. The minimum atomic E-state index is 0.402. The van der Waals surface area contributed by atoms with Crippen LogP contribution in [-0.4, -0.2) is 37.5 Å². The highest BCUT2D eigenvalue weighted by Gasteiger charge is 2.48. The molecule has 2 atom stereocenters. The SMILES string of the molecule is CNCC1CCN(C(=O)C2CC2C2CCCCC2)CC1. The molecular formula is C17H30N2O. The van der Waals surface area contributed by atoms with E-state index >= 15 is 0 Å². The van der Waals surface area contributed by atoms with Gasteiger partial charge in [-0.05, 0) is 50.6 Å². The lowest BCUT2D eigenvalue weighted by molar-refractivity contribution is -0.134. The summed E-state index contributed by atoms with van der Waals surface area (Å²) in [5.41, 5.74) is 0. The van der Waals surface area contributed by atoms with E-state index in [4.69, 9.17) is 0 Å². The fourth-order valence-corrected chi connectivity index (χ4v) is 4.46. The van der Waals surface area contributed by atoms with Gasteiger partial charge in [-0.25, -0.2) is 0 Å². The standard InChI is InChI=1S/C17H30N2O/c1-18-12-13-7-9-19(10-8-13)17(20)16-11-15(16)14-5-3-2-4-6-14/h13-16,18H,2-12H2,1H3. The lowest BCUT2D eigenvalue weighted by Crippen LogP contribution is -2.41. The molecule has 0 aromatic heterocycles. The van der Waals surface area contributed by atoms with Crippen molar-refractivity contribution in [1.82, 2.24) is 10.2 Å². The van der Waals surface area contributed by atoms with Crippen LogP contribution in [-0.2, 0) is 4.79 Å². The molecule has 1 saturated heterocycles. The van der Waals surface area contributed by atoms with Crippen molar-refractivity contribution in [2.75, 3.05) is 26.7 Å². The molecule has 1 N–H and O–H groups in total. The normalized spacial score (nSPS) is 32.4. The van der Waals surface area contributed by atoms with E-state index < -0.39 is 0 Å². The largest absolute Gasteiger partial charge is 0.342 e. The maximum Gasteiger partial charge on any atom is 0.225 e. The van der Waals surface area contributed by atoms with Crippen LogP contribution < -0.4 is 5.32 Å². The predicted molar refractivity (Wildman–Crippen MR) is 81.4 cm³/mol. The van der Waals surface area contributed by atoms with Crippen molar-refractivity contribution in [3.63, 3.8) is 0 Å². The minimum Gasteiger partial charge on any atom is -0.342 e. The molecule has 3 fully saturated rings. The Morgan fingerprint density at radius 1 is 1.10 bits per heavy atom. The fourth-order valence-electron chi connectivity index (χ4n) is 4.46. The van der Waals surface area contributed by atoms with Gasteiger partial charge in [0.15, 0.2) is 0 Å². The zero-order valence-electron chi connectivity index (χ0n) is 12.9. The molecule has 0 bridgehead atoms. The molecule has 1 heterocycles. The van der Waals surface area contributed by atoms with Gasteiger partial charge < -0.3 is 10.2 Å². The first-order chi connectivity index (χ1) is 9.79. The van der Waals surface area contributed by atoms with Gasteiger partial charge in [0.25, 0.3) is 0 Å². The van der Waals surface area contributed by atoms with Gasteiger partial charge >= 0.3 is 0 Å². The highest BCUT2D eigenvalue weighted by atomic mass is 16.2. The van der Waals surface area contributed by atoms with Crippen LogP contribution in [0.15, 0.2) is 0 Å². The molecular weight excluding hydrogens is 248 g/mol. The molecule has 2 unspecified atom stereocenters. The van der Waals surface area contributed by atoms with E-state index in [2.05, 4.69) is 10.2 Å². The van der Waals surface area contributed by atoms with Crippen molar-refractivity contribution >= 4 is 5.91 Å². The number of nitrogens with zero attached hydrogens (tertiary/aromatic N) is 1. The Morgan fingerprint density at radius 3 is 2.45 bits per heavy atom. The summed E-state index contributed by atoms with van der Waals surface area (Å²) in [5, 5.41) is 3.26. The first kappa shape index (κ1) is 14.4. The van der Waals surface area contributed by atoms with Gasteiger partial charge in [-0.1, -0.05) is 32.1 Å². The Labute approximate surface area is 123 Å². The van der Waals surface area contributed by atoms with Crippen molar-refractivity contribution in [1.29, 1.82) is 0 Å². The number of amides is 1. The fraction of sp³-hybridized carbons (Fsp3) is 0.941. The van der Waals surface area contributed by atoms with E-state index in [-0.39, 0.29) is 0 Å². The first-order valence-electron chi connectivity index (χ1n) is 8.73. The third-order valence-corrected chi connectivity index (χ3v) is 5.83. The first-order valence-corrected chi connectivity index (χ1v) is 8.73. The van der Waals surface area contributed by atoms with Crippen LogP contribution in [0.3, 0.4) is 0 Å². The van der Waals surface area contributed by atoms with E-state index in [1.165, 1.54) is 51.4 Å². The number of likely N-dealkylation sites (tertiary alicyclic amines) is 1. The Morgan fingerprint density at radius 2 is 1.80 bits per heavy atom. The lowest BCUT2D eigenvalue weighted by Gasteiger charge is -2.32. The molecule has 3 aliphatic rings. The molecule has 0 aromatic rings. The molecule has 2 aliphatic carbocycles. The van der Waals surface area contributed by atoms with Gasteiger partial charge in [0.2, 0.25) is 5.91 Å². The van der Waals surface area contributed by atoms with Crippen LogP contribution in [0.2, 0.25) is 0 Å². The second-order valence-corrected chi connectivity index (χ2v) is 7.23. The van der Waals surface area contributed by atoms with Gasteiger partial charge in [0.05, 0.1) is 0 Å². The Bertz CT molecular complexity index is 330. The molecule has 3 heteroatoms. The average Bonchev–Trinajstić information content (AvgIpc) is 3.29. The lowest BCUT2D eigenvalue weighted by atomic mass is 9.85. The predicted octanol–water partition coefficient (Wildman–Crippen LogP) is 2.66. The van der Waals surface area contributed by atoms with Crippen LogP contribution in [0, 0.1) is 23.7 Å². The monoisotopic (exact) mass is 278 g/mol. The zero-order chi connectivity index (χ0) is 13.9. The summed E-state index contributed by atoms with van der Waals surface area (Å²) in [6, 6.07) is 0. The van der Waals surface area contributed by atoms with Gasteiger partial charge in [-0.3, -0.25) is 4.79 Å². The zero-order valence-corrected chi connectivity index (χ0v) is 12.9. The average molecular weight is 278 g/mol. The maximum absolute atomic E-state index is 12.6. The third-order valence-electron chi connectivity index (χ3n) is 5.83. The number of rotatable bonds is 4. The molecule has 114 valence electrons. The molecule has 0 radical (unpaired) electrons. The molecule has 1 aliphatic heterocycles. The minimum absolute atomic E-state index is 0.402. The van der Waals surface area contributed by atoms with Gasteiger partial charge in [-0.15, -0.1) is 0 Å². The highest BCUT2D eigenvalue weighted by molar-refractivity contribution is 5.81. The topological polar surface area (TPSA) is 32.3 Å². The van der Waals surface area contributed by atoms with Gasteiger partial charge in [0, 0.05) is 19.0 Å². The van der Waals surface area contributed by atoms with Crippen LogP contribution in [0.4, 0.5) is 0 Å². The van der Waals surface area contributed by atoms with Crippen LogP contribution in [0.5, 0.6) is 0 Å². The maximum atomic E-state index is 12.6. The second kappa shape index (κ2) is 6.46. The summed E-state index contributed by atoms with van der Waals surface area (Å²) in [6.45, 7) is 3.11. The molecule has 3 nitrogen and oxygen atoms in total. The van der Waals surface area contributed by atoms with E-state index in [0.717, 1.165) is 37.4 Å². The van der Waals surface area contributed by atoms with E-state index in [0.29, 0.717) is 11.8 Å². The number of piperidine rings is 1. The number of hydrogen-bond acceptors (Lipinski definition) is 2. The van der Waals surface area contributed by atoms with Crippen LogP contribution >= 0.6 is 0 Å². The summed E-state index contributed by atoms with van der Waals surface area (Å²) >= 11 is 0.